The number of aliphatic hydroxyl groups is 1. The minimum absolute atomic E-state index is 0.0241. The highest BCUT2D eigenvalue weighted by Gasteiger charge is 2.24. The molecule has 1 fully saturated rings. The lowest BCUT2D eigenvalue weighted by Crippen LogP contribution is -2.30. The van der Waals surface area contributed by atoms with E-state index in [1.807, 2.05) is 47.2 Å². The summed E-state index contributed by atoms with van der Waals surface area (Å²) in [5.41, 5.74) is 8.89. The molecule has 0 aromatic heterocycles. The summed E-state index contributed by atoms with van der Waals surface area (Å²) < 4.78 is 36.9. The van der Waals surface area contributed by atoms with Gasteiger partial charge in [-0.2, -0.15) is 0 Å². The van der Waals surface area contributed by atoms with Gasteiger partial charge in [-0.1, -0.05) is 67.1 Å². The highest BCUT2D eigenvalue weighted by Crippen LogP contribution is 2.31. The Morgan fingerprint density at radius 2 is 1.64 bits per heavy atom. The highest BCUT2D eigenvalue weighted by atomic mass is 32.2. The predicted octanol–water partition coefficient (Wildman–Crippen LogP) is 5.27. The summed E-state index contributed by atoms with van der Waals surface area (Å²) in [6.45, 7) is 0. The number of benzene rings is 3. The van der Waals surface area contributed by atoms with Crippen LogP contribution in [0.3, 0.4) is 0 Å². The summed E-state index contributed by atoms with van der Waals surface area (Å²) in [6.07, 6.45) is 5.08. The molecular weight excluding hydrogens is 556 g/mol. The van der Waals surface area contributed by atoms with Gasteiger partial charge < -0.3 is 20.3 Å². The number of hydrogen-bond donors (Lipinski definition) is 3. The van der Waals surface area contributed by atoms with Crippen LogP contribution in [-0.2, 0) is 21.2 Å². The van der Waals surface area contributed by atoms with Crippen molar-refractivity contribution in [1.29, 1.82) is 0 Å². The first-order chi connectivity index (χ1) is 20.1. The molecule has 0 aliphatic heterocycles. The van der Waals surface area contributed by atoms with Crippen LogP contribution in [0.4, 0.5) is 4.79 Å². The Morgan fingerprint density at radius 3 is 2.29 bits per heavy atom. The second kappa shape index (κ2) is 14.3. The van der Waals surface area contributed by atoms with E-state index in [0.29, 0.717) is 30.6 Å². The lowest BCUT2D eigenvalue weighted by atomic mass is 9.96. The molecule has 9 nitrogen and oxygen atoms in total. The average Bonchev–Trinajstić information content (AvgIpc) is 2.96. The van der Waals surface area contributed by atoms with Crippen molar-refractivity contribution in [3.63, 3.8) is 0 Å². The molecule has 224 valence electrons. The van der Waals surface area contributed by atoms with Crippen molar-refractivity contribution in [3.8, 4) is 16.9 Å². The number of carbonyl (C=O) groups excluding carboxylic acids is 2. The maximum Gasteiger partial charge on any atom is 0.404 e. The lowest BCUT2D eigenvalue weighted by Gasteiger charge is -2.24. The van der Waals surface area contributed by atoms with Gasteiger partial charge in [0.1, 0.15) is 18.0 Å². The number of aliphatic hydroxyl groups excluding tert-OH is 1. The van der Waals surface area contributed by atoms with E-state index in [1.165, 1.54) is 0 Å². The second-order valence-electron chi connectivity index (χ2n) is 10.7. The van der Waals surface area contributed by atoms with Crippen LogP contribution < -0.4 is 15.2 Å². The molecule has 1 unspecified atom stereocenters. The zero-order valence-corrected chi connectivity index (χ0v) is 24.5. The Labute approximate surface area is 247 Å². The first-order valence-corrected chi connectivity index (χ1v) is 16.1. The van der Waals surface area contributed by atoms with E-state index < -0.39 is 34.2 Å². The normalized spacial score (nSPS) is 15.4. The maximum atomic E-state index is 12.7. The molecule has 0 spiro atoms. The minimum atomic E-state index is -3.73. The van der Waals surface area contributed by atoms with Crippen molar-refractivity contribution < 1.29 is 32.6 Å². The van der Waals surface area contributed by atoms with Gasteiger partial charge in [0.25, 0.3) is 5.91 Å². The van der Waals surface area contributed by atoms with Gasteiger partial charge >= 0.3 is 6.09 Å². The van der Waals surface area contributed by atoms with E-state index in [4.69, 9.17) is 15.2 Å². The number of hydrogen-bond acceptors (Lipinski definition) is 7. The SMILES string of the molecule is CS(=O)(=O)NC(=O)c1ccc(-c2ccc(CCCC(OC(N)=O)[C@H](O)c3ccccc3)cc2)cc1OC1CCCCC1. The Morgan fingerprint density at radius 1 is 0.976 bits per heavy atom. The summed E-state index contributed by atoms with van der Waals surface area (Å²) in [6, 6.07) is 22.1. The number of primary amides is 1. The van der Waals surface area contributed by atoms with Crippen LogP contribution in [0.15, 0.2) is 72.8 Å². The molecule has 4 rings (SSSR count). The van der Waals surface area contributed by atoms with E-state index in [-0.39, 0.29) is 11.7 Å². The molecule has 2 amide bonds. The zero-order valence-electron chi connectivity index (χ0n) is 23.7. The molecule has 10 heteroatoms. The van der Waals surface area contributed by atoms with E-state index in [9.17, 15) is 23.1 Å². The first kappa shape index (κ1) is 31.1. The molecule has 2 atom stereocenters. The Hall–Kier alpha value is -3.89. The fraction of sp³-hybridized carbons (Fsp3) is 0.375. The van der Waals surface area contributed by atoms with Crippen LogP contribution in [0.25, 0.3) is 11.1 Å². The summed E-state index contributed by atoms with van der Waals surface area (Å²) in [5.74, 6) is -0.358. The van der Waals surface area contributed by atoms with Crippen LogP contribution in [0.2, 0.25) is 0 Å². The topological polar surface area (TPSA) is 145 Å². The Kier molecular flexibility index (Phi) is 10.6. The van der Waals surface area contributed by atoms with Crippen molar-refractivity contribution in [2.45, 2.75) is 69.7 Å². The molecule has 1 aliphatic carbocycles. The van der Waals surface area contributed by atoms with Gasteiger partial charge in [0, 0.05) is 0 Å². The minimum Gasteiger partial charge on any atom is -0.490 e. The number of aryl methyl sites for hydroxylation is 1. The van der Waals surface area contributed by atoms with Gasteiger partial charge in [0.15, 0.2) is 0 Å². The lowest BCUT2D eigenvalue weighted by molar-refractivity contribution is -0.000159. The zero-order chi connectivity index (χ0) is 30.1. The van der Waals surface area contributed by atoms with Crippen molar-refractivity contribution in [2.75, 3.05) is 6.26 Å². The van der Waals surface area contributed by atoms with Crippen molar-refractivity contribution in [2.24, 2.45) is 5.73 Å². The van der Waals surface area contributed by atoms with Gasteiger partial charge in [-0.15, -0.1) is 0 Å². The third kappa shape index (κ3) is 9.06. The largest absolute Gasteiger partial charge is 0.490 e. The molecule has 0 saturated heterocycles. The van der Waals surface area contributed by atoms with Crippen molar-refractivity contribution >= 4 is 22.0 Å². The third-order valence-electron chi connectivity index (χ3n) is 7.35. The van der Waals surface area contributed by atoms with Crippen molar-refractivity contribution in [1.82, 2.24) is 4.72 Å². The molecule has 0 bridgehead atoms. The Balaban J connectivity index is 1.45. The van der Waals surface area contributed by atoms with Crippen LogP contribution in [0.1, 0.15) is 72.5 Å². The number of nitrogens with one attached hydrogen (secondary N) is 1. The number of nitrogens with two attached hydrogens (primary N) is 1. The molecule has 0 heterocycles. The summed E-state index contributed by atoms with van der Waals surface area (Å²) in [4.78, 5) is 24.2. The molecule has 3 aromatic rings. The molecule has 3 aromatic carbocycles. The molecule has 1 saturated carbocycles. The van der Waals surface area contributed by atoms with E-state index >= 15 is 0 Å². The smallest absolute Gasteiger partial charge is 0.404 e. The molecule has 0 radical (unpaired) electrons. The molecule has 1 aliphatic rings. The van der Waals surface area contributed by atoms with Crippen LogP contribution >= 0.6 is 0 Å². The van der Waals surface area contributed by atoms with Gasteiger partial charge in [-0.25, -0.2) is 17.9 Å². The standard InChI is InChI=1S/C32H38N2O7S/c1-42(38,39)34-31(36)27-20-19-25(21-29(27)40-26-12-6-3-7-13-26)23-17-15-22(16-18-23)9-8-14-28(41-32(33)37)30(35)24-10-4-2-5-11-24/h2,4-5,10-11,15-21,26,28,30,35H,3,6-9,12-14H2,1H3,(H2,33,37)(H,34,36)/t28?,30-/m1/s1. The average molecular weight is 595 g/mol. The highest BCUT2D eigenvalue weighted by molar-refractivity contribution is 7.89. The van der Waals surface area contributed by atoms with Crippen LogP contribution in [0, 0.1) is 0 Å². The number of amides is 2. The van der Waals surface area contributed by atoms with Crippen LogP contribution in [0.5, 0.6) is 5.75 Å². The number of sulfonamides is 1. The fourth-order valence-corrected chi connectivity index (χ4v) is 5.69. The molecule has 42 heavy (non-hydrogen) atoms. The summed E-state index contributed by atoms with van der Waals surface area (Å²) in [5, 5.41) is 10.7. The van der Waals surface area contributed by atoms with Gasteiger partial charge in [0.05, 0.1) is 17.9 Å². The summed E-state index contributed by atoms with van der Waals surface area (Å²) in [7, 11) is -3.73. The van der Waals surface area contributed by atoms with Gasteiger partial charge in [-0.3, -0.25) is 4.79 Å². The van der Waals surface area contributed by atoms with E-state index in [0.717, 1.165) is 55.1 Å². The first-order valence-electron chi connectivity index (χ1n) is 14.2. The molecular formula is C32H38N2O7S. The number of ether oxygens (including phenoxy) is 2. The number of rotatable bonds is 12. The maximum absolute atomic E-state index is 12.7. The molecule has 4 N–H and O–H groups in total. The summed E-state index contributed by atoms with van der Waals surface area (Å²) >= 11 is 0. The van der Waals surface area contributed by atoms with E-state index in [2.05, 4.69) is 0 Å². The second-order valence-corrected chi connectivity index (χ2v) is 12.5. The quantitative estimate of drug-likeness (QED) is 0.259. The Bertz CT molecular complexity index is 1450. The van der Waals surface area contributed by atoms with Gasteiger partial charge in [-0.05, 0) is 79.3 Å². The van der Waals surface area contributed by atoms with Gasteiger partial charge in [0.2, 0.25) is 10.0 Å². The predicted molar refractivity (Wildman–Crippen MR) is 160 cm³/mol. The van der Waals surface area contributed by atoms with Crippen molar-refractivity contribution in [3.05, 3.63) is 89.5 Å². The third-order valence-corrected chi connectivity index (χ3v) is 7.91. The number of carbonyl (C=O) groups is 2. The monoisotopic (exact) mass is 594 g/mol. The van der Waals surface area contributed by atoms with Crippen LogP contribution in [-0.4, -0.2) is 44.0 Å². The van der Waals surface area contributed by atoms with E-state index in [1.54, 1.807) is 30.3 Å². The fourth-order valence-electron chi connectivity index (χ4n) is 5.24.